The van der Waals surface area contributed by atoms with Gasteiger partial charge in [0.2, 0.25) is 0 Å². The molecule has 108 valence electrons. The van der Waals surface area contributed by atoms with Gasteiger partial charge in [-0.1, -0.05) is 48.5 Å². The Morgan fingerprint density at radius 2 is 1.71 bits per heavy atom. The van der Waals surface area contributed by atoms with E-state index < -0.39 is 5.97 Å². The highest BCUT2D eigenvalue weighted by Crippen LogP contribution is 2.27. The van der Waals surface area contributed by atoms with Crippen LogP contribution in [0.25, 0.3) is 11.1 Å². The standard InChI is InChI=1S/C19H20O2/c1-13-6-4-5-7-17(13)18-11-10-16(12-15(18)3)9-8-14(2)19(20)21/h4-8,10-12H,9H2,1-3H3,(H,20,21)/b14-8+. The van der Waals surface area contributed by atoms with Crippen molar-refractivity contribution in [1.29, 1.82) is 0 Å². The molecule has 0 atom stereocenters. The number of hydrogen-bond donors (Lipinski definition) is 1. The van der Waals surface area contributed by atoms with Gasteiger partial charge in [0.05, 0.1) is 0 Å². The Balaban J connectivity index is 2.28. The summed E-state index contributed by atoms with van der Waals surface area (Å²) in [5.74, 6) is -0.858. The van der Waals surface area contributed by atoms with Gasteiger partial charge in [0, 0.05) is 5.57 Å². The predicted molar refractivity (Wildman–Crippen MR) is 86.4 cm³/mol. The van der Waals surface area contributed by atoms with Crippen LogP contribution in [0.4, 0.5) is 0 Å². The van der Waals surface area contributed by atoms with E-state index in [-0.39, 0.29) is 0 Å². The molecule has 0 aliphatic rings. The topological polar surface area (TPSA) is 37.3 Å². The minimum atomic E-state index is -0.858. The van der Waals surface area contributed by atoms with Crippen molar-refractivity contribution in [3.8, 4) is 11.1 Å². The Morgan fingerprint density at radius 1 is 1.05 bits per heavy atom. The Hall–Kier alpha value is -2.35. The molecule has 0 radical (unpaired) electrons. The summed E-state index contributed by atoms with van der Waals surface area (Å²) in [5.41, 5.74) is 6.47. The second-order valence-electron chi connectivity index (χ2n) is 5.36. The lowest BCUT2D eigenvalue weighted by Gasteiger charge is -2.10. The number of rotatable bonds is 4. The minimum absolute atomic E-state index is 0.385. The zero-order valence-electron chi connectivity index (χ0n) is 12.7. The molecule has 0 unspecified atom stereocenters. The SMILES string of the molecule is C/C(=C\Cc1ccc(-c2ccccc2C)c(C)c1)C(=O)O. The highest BCUT2D eigenvalue weighted by Gasteiger charge is 2.05. The molecule has 0 amide bonds. The quantitative estimate of drug-likeness (QED) is 0.835. The summed E-state index contributed by atoms with van der Waals surface area (Å²) in [6, 6.07) is 14.7. The van der Waals surface area contributed by atoms with Crippen molar-refractivity contribution in [3.05, 3.63) is 70.8 Å². The lowest BCUT2D eigenvalue weighted by Crippen LogP contribution is -1.97. The second kappa shape index (κ2) is 6.40. The third-order valence-corrected chi connectivity index (χ3v) is 3.71. The van der Waals surface area contributed by atoms with Crippen LogP contribution in [0.1, 0.15) is 23.6 Å². The number of aryl methyl sites for hydroxylation is 2. The maximum Gasteiger partial charge on any atom is 0.330 e. The average molecular weight is 280 g/mol. The number of hydrogen-bond acceptors (Lipinski definition) is 1. The number of benzene rings is 2. The van der Waals surface area contributed by atoms with Crippen LogP contribution in [0, 0.1) is 13.8 Å². The maximum atomic E-state index is 10.8. The molecule has 0 heterocycles. The number of aliphatic carboxylic acids is 1. The van der Waals surface area contributed by atoms with Crippen LogP contribution in [-0.2, 0) is 11.2 Å². The average Bonchev–Trinajstić information content (AvgIpc) is 2.46. The van der Waals surface area contributed by atoms with Crippen LogP contribution in [0.5, 0.6) is 0 Å². The zero-order chi connectivity index (χ0) is 15.4. The van der Waals surface area contributed by atoms with E-state index in [9.17, 15) is 4.79 Å². The molecular formula is C19H20O2. The number of carbonyl (C=O) groups is 1. The van der Waals surface area contributed by atoms with Crippen molar-refractivity contribution in [3.63, 3.8) is 0 Å². The van der Waals surface area contributed by atoms with Crippen molar-refractivity contribution >= 4 is 5.97 Å². The van der Waals surface area contributed by atoms with Crippen molar-refractivity contribution < 1.29 is 9.90 Å². The summed E-state index contributed by atoms with van der Waals surface area (Å²) in [6.07, 6.45) is 2.40. The molecule has 0 bridgehead atoms. The van der Waals surface area contributed by atoms with E-state index in [1.165, 1.54) is 22.3 Å². The molecule has 0 aromatic heterocycles. The fourth-order valence-corrected chi connectivity index (χ4v) is 2.39. The molecule has 0 aliphatic carbocycles. The molecule has 0 spiro atoms. The van der Waals surface area contributed by atoms with Gasteiger partial charge in [0.15, 0.2) is 0 Å². The first-order valence-electron chi connectivity index (χ1n) is 7.04. The molecule has 21 heavy (non-hydrogen) atoms. The lowest BCUT2D eigenvalue weighted by atomic mass is 9.94. The summed E-state index contributed by atoms with van der Waals surface area (Å²) in [5, 5.41) is 8.87. The van der Waals surface area contributed by atoms with Crippen molar-refractivity contribution in [2.45, 2.75) is 27.2 Å². The number of allylic oxidation sites excluding steroid dienone is 1. The van der Waals surface area contributed by atoms with Crippen molar-refractivity contribution in [1.82, 2.24) is 0 Å². The second-order valence-corrected chi connectivity index (χ2v) is 5.36. The van der Waals surface area contributed by atoms with Gasteiger partial charge in [-0.05, 0) is 55.0 Å². The first-order valence-corrected chi connectivity index (χ1v) is 7.04. The molecule has 0 fully saturated rings. The Kier molecular flexibility index (Phi) is 4.59. The summed E-state index contributed by atoms with van der Waals surface area (Å²) in [7, 11) is 0. The fraction of sp³-hybridized carbons (Fsp3) is 0.211. The van der Waals surface area contributed by atoms with Gasteiger partial charge >= 0.3 is 5.97 Å². The van der Waals surface area contributed by atoms with E-state index in [4.69, 9.17) is 5.11 Å². The summed E-state index contributed by atoms with van der Waals surface area (Å²) in [6.45, 7) is 5.83. The van der Waals surface area contributed by atoms with Crippen LogP contribution in [0.3, 0.4) is 0 Å². The van der Waals surface area contributed by atoms with Gasteiger partial charge in [-0.2, -0.15) is 0 Å². The molecule has 0 saturated heterocycles. The van der Waals surface area contributed by atoms with Gasteiger partial charge < -0.3 is 5.11 Å². The third-order valence-electron chi connectivity index (χ3n) is 3.71. The Bertz CT molecular complexity index is 696. The van der Waals surface area contributed by atoms with E-state index in [1.54, 1.807) is 13.0 Å². The molecule has 2 aromatic rings. The molecule has 2 heteroatoms. The van der Waals surface area contributed by atoms with Crippen LogP contribution in [0.15, 0.2) is 54.1 Å². The summed E-state index contributed by atoms with van der Waals surface area (Å²) in [4.78, 5) is 10.8. The van der Waals surface area contributed by atoms with E-state index in [1.807, 2.05) is 6.07 Å². The summed E-state index contributed by atoms with van der Waals surface area (Å²) < 4.78 is 0. The number of carboxylic acid groups (broad SMARTS) is 1. The van der Waals surface area contributed by atoms with E-state index in [0.717, 1.165) is 5.56 Å². The van der Waals surface area contributed by atoms with Crippen LogP contribution in [-0.4, -0.2) is 11.1 Å². The van der Waals surface area contributed by atoms with Crippen LogP contribution in [0.2, 0.25) is 0 Å². The van der Waals surface area contributed by atoms with E-state index in [2.05, 4.69) is 50.2 Å². The highest BCUT2D eigenvalue weighted by molar-refractivity contribution is 5.85. The number of carboxylic acids is 1. The molecule has 0 saturated carbocycles. The van der Waals surface area contributed by atoms with Gasteiger partial charge in [-0.3, -0.25) is 0 Å². The molecule has 2 aromatic carbocycles. The van der Waals surface area contributed by atoms with E-state index in [0.29, 0.717) is 12.0 Å². The maximum absolute atomic E-state index is 10.8. The first-order chi connectivity index (χ1) is 9.99. The first kappa shape index (κ1) is 15.0. The van der Waals surface area contributed by atoms with Gasteiger partial charge in [-0.15, -0.1) is 0 Å². The van der Waals surface area contributed by atoms with Crippen LogP contribution >= 0.6 is 0 Å². The Morgan fingerprint density at radius 3 is 2.33 bits per heavy atom. The Labute approximate surface area is 125 Å². The molecule has 0 aliphatic heterocycles. The largest absolute Gasteiger partial charge is 0.478 e. The fourth-order valence-electron chi connectivity index (χ4n) is 2.39. The predicted octanol–water partition coefficient (Wildman–Crippen LogP) is 4.54. The molecule has 1 N–H and O–H groups in total. The third kappa shape index (κ3) is 3.60. The van der Waals surface area contributed by atoms with Gasteiger partial charge in [0.1, 0.15) is 0 Å². The van der Waals surface area contributed by atoms with Gasteiger partial charge in [0.25, 0.3) is 0 Å². The molecule has 2 rings (SSSR count). The minimum Gasteiger partial charge on any atom is -0.478 e. The smallest absolute Gasteiger partial charge is 0.330 e. The molecule has 2 nitrogen and oxygen atoms in total. The summed E-state index contributed by atoms with van der Waals surface area (Å²) >= 11 is 0. The molecular weight excluding hydrogens is 260 g/mol. The normalized spacial score (nSPS) is 11.5. The van der Waals surface area contributed by atoms with Crippen LogP contribution < -0.4 is 0 Å². The lowest BCUT2D eigenvalue weighted by molar-refractivity contribution is -0.132. The highest BCUT2D eigenvalue weighted by atomic mass is 16.4. The monoisotopic (exact) mass is 280 g/mol. The van der Waals surface area contributed by atoms with Gasteiger partial charge in [-0.25, -0.2) is 4.79 Å². The van der Waals surface area contributed by atoms with Crippen molar-refractivity contribution in [2.75, 3.05) is 0 Å². The zero-order valence-corrected chi connectivity index (χ0v) is 12.7. The van der Waals surface area contributed by atoms with E-state index >= 15 is 0 Å². The van der Waals surface area contributed by atoms with Crippen molar-refractivity contribution in [2.24, 2.45) is 0 Å².